The molecule has 154 valence electrons. The summed E-state index contributed by atoms with van der Waals surface area (Å²) in [6, 6.07) is 6.18. The van der Waals surface area contributed by atoms with E-state index in [2.05, 4.69) is 15.5 Å². The van der Waals surface area contributed by atoms with Crippen LogP contribution in [0.15, 0.2) is 28.1 Å². The molecule has 11 heteroatoms. The normalized spacial score (nSPS) is 11.9. The topological polar surface area (TPSA) is 142 Å². The van der Waals surface area contributed by atoms with Crippen molar-refractivity contribution in [1.29, 1.82) is 5.26 Å². The van der Waals surface area contributed by atoms with E-state index in [1.54, 1.807) is 26.8 Å². The van der Waals surface area contributed by atoms with E-state index in [4.69, 9.17) is 4.74 Å². The molecule has 1 aromatic heterocycles. The van der Waals surface area contributed by atoms with Gasteiger partial charge in [0.2, 0.25) is 19.3 Å². The van der Waals surface area contributed by atoms with Crippen LogP contribution in [-0.2, 0) is 14.6 Å². The summed E-state index contributed by atoms with van der Waals surface area (Å²) in [4.78, 5) is 12.4. The zero-order valence-electron chi connectivity index (χ0n) is 16.0. The molecule has 0 radical (unpaired) electrons. The van der Waals surface area contributed by atoms with Gasteiger partial charge in [-0.05, 0) is 36.6 Å². The summed E-state index contributed by atoms with van der Waals surface area (Å²) in [5.41, 5.74) is 0.232. The van der Waals surface area contributed by atoms with Crippen LogP contribution in [-0.4, -0.2) is 42.0 Å². The molecule has 0 aliphatic heterocycles. The Morgan fingerprint density at radius 1 is 1.41 bits per heavy atom. The van der Waals surface area contributed by atoms with E-state index in [1.807, 2.05) is 0 Å². The molecule has 9 nitrogen and oxygen atoms in total. The Bertz CT molecular complexity index is 1070. The quantitative estimate of drug-likeness (QED) is 0.365. The van der Waals surface area contributed by atoms with Gasteiger partial charge in [-0.2, -0.15) is 5.26 Å². The van der Waals surface area contributed by atoms with E-state index in [-0.39, 0.29) is 38.2 Å². The lowest BCUT2D eigenvalue weighted by atomic mass is 10.1. The summed E-state index contributed by atoms with van der Waals surface area (Å²) in [6.07, 6.45) is 1.31. The molecule has 0 saturated heterocycles. The second kappa shape index (κ2) is 9.49. The molecule has 0 aliphatic carbocycles. The first kappa shape index (κ1) is 22.3. The molecule has 0 unspecified atom stereocenters. The lowest BCUT2D eigenvalue weighted by Gasteiger charge is -2.06. The molecule has 0 spiro atoms. The Kier molecular flexibility index (Phi) is 7.30. The zero-order chi connectivity index (χ0) is 21.6. The van der Waals surface area contributed by atoms with Gasteiger partial charge in [0.1, 0.15) is 11.6 Å². The van der Waals surface area contributed by atoms with Crippen molar-refractivity contribution in [2.45, 2.75) is 25.1 Å². The molecular formula is C18H20N4O5S2. The van der Waals surface area contributed by atoms with Crippen molar-refractivity contribution in [2.24, 2.45) is 5.92 Å². The number of nitrogens with one attached hydrogen (secondary N) is 1. The van der Waals surface area contributed by atoms with Crippen LogP contribution in [0.25, 0.3) is 6.08 Å². The number of nitrogens with zero attached hydrogens (tertiary/aromatic N) is 3. The first-order valence-corrected chi connectivity index (χ1v) is 11.1. The van der Waals surface area contributed by atoms with Crippen molar-refractivity contribution in [3.8, 4) is 17.6 Å². The minimum absolute atomic E-state index is 0.0285. The minimum atomic E-state index is -3.59. The molecule has 0 aliphatic rings. The number of carbonyl (C=O) groups is 1. The molecule has 1 aromatic carbocycles. The number of aromatic hydroxyl groups is 1. The number of sulfone groups is 1. The number of hydrogen-bond donors (Lipinski definition) is 2. The molecule has 0 bridgehead atoms. The van der Waals surface area contributed by atoms with E-state index < -0.39 is 15.7 Å². The van der Waals surface area contributed by atoms with Gasteiger partial charge in [0, 0.05) is 0 Å². The van der Waals surface area contributed by atoms with Crippen LogP contribution in [0, 0.1) is 17.2 Å². The fourth-order valence-corrected chi connectivity index (χ4v) is 4.87. The predicted molar refractivity (Wildman–Crippen MR) is 108 cm³/mol. The van der Waals surface area contributed by atoms with Crippen LogP contribution >= 0.6 is 11.3 Å². The summed E-state index contributed by atoms with van der Waals surface area (Å²) < 4.78 is 29.5. The van der Waals surface area contributed by atoms with Crippen molar-refractivity contribution in [1.82, 2.24) is 10.2 Å². The molecule has 0 fully saturated rings. The van der Waals surface area contributed by atoms with Crippen LogP contribution in [0.4, 0.5) is 5.13 Å². The van der Waals surface area contributed by atoms with E-state index >= 15 is 0 Å². The Morgan fingerprint density at radius 2 is 2.14 bits per heavy atom. The number of hydrogen-bond acceptors (Lipinski definition) is 9. The average molecular weight is 437 g/mol. The van der Waals surface area contributed by atoms with Crippen molar-refractivity contribution < 1.29 is 23.1 Å². The highest BCUT2D eigenvalue weighted by molar-refractivity contribution is 7.93. The molecule has 1 amide bonds. The standard InChI is InChI=1S/C18H20N4O5S2/c1-4-27-15-8-12(5-6-14(15)23)7-13(9-19)16(24)20-17-21-22-18(28-17)29(25,26)10-11(2)3/h5-8,11,23H,4,10H2,1-3H3,(H,20,21,24). The maximum Gasteiger partial charge on any atom is 0.268 e. The van der Waals surface area contributed by atoms with E-state index in [0.29, 0.717) is 12.2 Å². The van der Waals surface area contributed by atoms with Gasteiger partial charge in [-0.25, -0.2) is 8.42 Å². The zero-order valence-corrected chi connectivity index (χ0v) is 17.7. The summed E-state index contributed by atoms with van der Waals surface area (Å²) in [5.74, 6) is -0.759. The number of ether oxygens (including phenoxy) is 1. The number of benzene rings is 1. The highest BCUT2D eigenvalue weighted by atomic mass is 32.2. The van der Waals surface area contributed by atoms with Gasteiger partial charge in [0.05, 0.1) is 12.4 Å². The van der Waals surface area contributed by atoms with Crippen LogP contribution in [0.1, 0.15) is 26.3 Å². The number of phenolic OH excluding ortho intramolecular Hbond substituents is 1. The van der Waals surface area contributed by atoms with Crippen LogP contribution in [0.3, 0.4) is 0 Å². The van der Waals surface area contributed by atoms with Gasteiger partial charge in [-0.1, -0.05) is 31.3 Å². The number of carbonyl (C=O) groups excluding carboxylic acids is 1. The lowest BCUT2D eigenvalue weighted by Crippen LogP contribution is -2.13. The van der Waals surface area contributed by atoms with Gasteiger partial charge in [0.15, 0.2) is 11.5 Å². The summed E-state index contributed by atoms with van der Waals surface area (Å²) in [6.45, 7) is 5.64. The average Bonchev–Trinajstić information content (AvgIpc) is 3.10. The molecule has 2 rings (SSSR count). The molecule has 1 heterocycles. The number of nitriles is 1. The highest BCUT2D eigenvalue weighted by Crippen LogP contribution is 2.28. The Hall–Kier alpha value is -2.97. The summed E-state index contributed by atoms with van der Waals surface area (Å²) in [5, 5.41) is 28.7. The summed E-state index contributed by atoms with van der Waals surface area (Å²) in [7, 11) is -3.59. The molecule has 0 saturated carbocycles. The predicted octanol–water partition coefficient (Wildman–Crippen LogP) is 2.62. The van der Waals surface area contributed by atoms with Gasteiger partial charge in [-0.15, -0.1) is 10.2 Å². The molecular weight excluding hydrogens is 416 g/mol. The number of rotatable bonds is 8. The van der Waals surface area contributed by atoms with Crippen molar-refractivity contribution in [3.05, 3.63) is 29.3 Å². The number of aromatic nitrogens is 2. The maximum atomic E-state index is 12.4. The van der Waals surface area contributed by atoms with Crippen molar-refractivity contribution in [3.63, 3.8) is 0 Å². The van der Waals surface area contributed by atoms with Gasteiger partial charge >= 0.3 is 0 Å². The molecule has 0 atom stereocenters. The third-order valence-corrected chi connectivity index (χ3v) is 6.77. The van der Waals surface area contributed by atoms with Crippen LogP contribution in [0.5, 0.6) is 11.5 Å². The van der Waals surface area contributed by atoms with Crippen molar-refractivity contribution in [2.75, 3.05) is 17.7 Å². The Labute approximate surface area is 172 Å². The van der Waals surface area contributed by atoms with Crippen LogP contribution < -0.4 is 10.1 Å². The minimum Gasteiger partial charge on any atom is -0.504 e. The number of phenols is 1. The Balaban J connectivity index is 2.20. The molecule has 2 aromatic rings. The van der Waals surface area contributed by atoms with E-state index in [9.17, 15) is 23.6 Å². The number of anilines is 1. The third-order valence-electron chi connectivity index (χ3n) is 3.41. The van der Waals surface area contributed by atoms with E-state index in [0.717, 1.165) is 11.3 Å². The maximum absolute atomic E-state index is 12.4. The summed E-state index contributed by atoms with van der Waals surface area (Å²) >= 11 is 0.724. The first-order chi connectivity index (χ1) is 13.7. The monoisotopic (exact) mass is 436 g/mol. The Morgan fingerprint density at radius 3 is 2.76 bits per heavy atom. The van der Waals surface area contributed by atoms with Gasteiger partial charge in [-0.3, -0.25) is 10.1 Å². The highest BCUT2D eigenvalue weighted by Gasteiger charge is 2.22. The van der Waals surface area contributed by atoms with Gasteiger partial charge in [0.25, 0.3) is 5.91 Å². The smallest absolute Gasteiger partial charge is 0.268 e. The fraction of sp³-hybridized carbons (Fsp3) is 0.333. The van der Waals surface area contributed by atoms with E-state index in [1.165, 1.54) is 24.3 Å². The number of amides is 1. The van der Waals surface area contributed by atoms with Crippen molar-refractivity contribution >= 4 is 38.3 Å². The lowest BCUT2D eigenvalue weighted by molar-refractivity contribution is -0.112. The third kappa shape index (κ3) is 6.00. The fourth-order valence-electron chi connectivity index (χ4n) is 2.27. The SMILES string of the molecule is CCOc1cc(C=C(C#N)C(=O)Nc2nnc(S(=O)(=O)CC(C)C)s2)ccc1O. The molecule has 2 N–H and O–H groups in total. The molecule has 29 heavy (non-hydrogen) atoms. The first-order valence-electron chi connectivity index (χ1n) is 8.61. The van der Waals surface area contributed by atoms with Gasteiger partial charge < -0.3 is 9.84 Å². The second-order valence-corrected chi connectivity index (χ2v) is 9.52. The largest absolute Gasteiger partial charge is 0.504 e. The van der Waals surface area contributed by atoms with Crippen LogP contribution in [0.2, 0.25) is 0 Å². The second-order valence-electron chi connectivity index (χ2n) is 6.33.